The molecule has 11 heteroatoms. The molecular weight excluding hydrogens is 340 g/mol. The van der Waals surface area contributed by atoms with Crippen molar-refractivity contribution < 1.29 is 28.0 Å². The van der Waals surface area contributed by atoms with Gasteiger partial charge in [-0.25, -0.2) is 8.78 Å². The molecule has 0 heterocycles. The number of nitrogens with zero attached hydrogens (tertiary/aromatic N) is 1. The minimum absolute atomic E-state index is 0. The Hall–Kier alpha value is -2.20. The standard InChI is InChI=1S/C12H15F2N3O5.ClH/c1-21-9-3-7(8(17(19)20)4-10(9)22-2)11(18)16-6-12(13,14)5-15;/h3-4H,5-6,15H2,1-2H3,(H,16,18);1H. The summed E-state index contributed by atoms with van der Waals surface area (Å²) in [6, 6.07) is 2.03. The van der Waals surface area contributed by atoms with Crippen LogP contribution in [0.4, 0.5) is 14.5 Å². The summed E-state index contributed by atoms with van der Waals surface area (Å²) in [5.74, 6) is -4.25. The molecule has 23 heavy (non-hydrogen) atoms. The number of rotatable bonds is 7. The Balaban J connectivity index is 0.00000484. The van der Waals surface area contributed by atoms with Gasteiger partial charge < -0.3 is 20.5 Å². The van der Waals surface area contributed by atoms with E-state index in [1.807, 2.05) is 5.32 Å². The van der Waals surface area contributed by atoms with Crippen LogP contribution in [0.25, 0.3) is 0 Å². The van der Waals surface area contributed by atoms with Gasteiger partial charge in [-0.2, -0.15) is 0 Å². The Morgan fingerprint density at radius 3 is 2.30 bits per heavy atom. The highest BCUT2D eigenvalue weighted by atomic mass is 35.5. The van der Waals surface area contributed by atoms with Crippen LogP contribution >= 0.6 is 12.4 Å². The normalized spacial score (nSPS) is 10.5. The molecule has 0 radical (unpaired) electrons. The average Bonchev–Trinajstić information content (AvgIpc) is 2.51. The summed E-state index contributed by atoms with van der Waals surface area (Å²) >= 11 is 0. The molecule has 1 aromatic carbocycles. The van der Waals surface area contributed by atoms with Crippen LogP contribution in [0, 0.1) is 10.1 Å². The molecular formula is C12H16ClF2N3O5. The molecule has 1 amide bonds. The van der Waals surface area contributed by atoms with E-state index in [1.165, 1.54) is 14.2 Å². The largest absolute Gasteiger partial charge is 0.493 e. The van der Waals surface area contributed by atoms with Gasteiger partial charge in [-0.05, 0) is 0 Å². The van der Waals surface area contributed by atoms with Crippen LogP contribution < -0.4 is 20.5 Å². The molecule has 0 saturated heterocycles. The minimum atomic E-state index is -3.30. The lowest BCUT2D eigenvalue weighted by molar-refractivity contribution is -0.385. The maximum absolute atomic E-state index is 13.0. The third kappa shape index (κ3) is 5.18. The van der Waals surface area contributed by atoms with E-state index in [9.17, 15) is 23.7 Å². The van der Waals surface area contributed by atoms with Crippen LogP contribution in [-0.4, -0.2) is 44.1 Å². The average molecular weight is 356 g/mol. The number of alkyl halides is 2. The maximum Gasteiger partial charge on any atom is 0.286 e. The molecule has 0 aliphatic rings. The van der Waals surface area contributed by atoms with E-state index in [-0.39, 0.29) is 23.9 Å². The molecule has 1 aromatic rings. The van der Waals surface area contributed by atoms with E-state index in [0.29, 0.717) is 0 Å². The summed E-state index contributed by atoms with van der Waals surface area (Å²) in [5, 5.41) is 12.9. The van der Waals surface area contributed by atoms with E-state index in [4.69, 9.17) is 15.2 Å². The van der Waals surface area contributed by atoms with Crippen LogP contribution in [0.1, 0.15) is 10.4 Å². The third-order valence-electron chi connectivity index (χ3n) is 2.75. The third-order valence-corrected chi connectivity index (χ3v) is 2.75. The molecule has 0 unspecified atom stereocenters. The lowest BCUT2D eigenvalue weighted by atomic mass is 10.1. The molecule has 0 aromatic heterocycles. The van der Waals surface area contributed by atoms with Crippen LogP contribution in [-0.2, 0) is 0 Å². The SMILES string of the molecule is COc1cc(C(=O)NCC(F)(F)CN)c([N+](=O)[O-])cc1OC.Cl. The molecule has 8 nitrogen and oxygen atoms in total. The van der Waals surface area contributed by atoms with Gasteiger partial charge in [-0.3, -0.25) is 14.9 Å². The van der Waals surface area contributed by atoms with E-state index in [1.54, 1.807) is 0 Å². The number of hydrogen-bond acceptors (Lipinski definition) is 6. The van der Waals surface area contributed by atoms with Gasteiger partial charge >= 0.3 is 0 Å². The molecule has 0 aliphatic carbocycles. The van der Waals surface area contributed by atoms with Crippen molar-refractivity contribution in [2.24, 2.45) is 5.73 Å². The molecule has 3 N–H and O–H groups in total. The second-order valence-corrected chi connectivity index (χ2v) is 4.22. The first-order valence-corrected chi connectivity index (χ1v) is 6.02. The highest BCUT2D eigenvalue weighted by Gasteiger charge is 2.30. The number of halogens is 3. The number of carbonyl (C=O) groups excluding carboxylic acids is 1. The zero-order chi connectivity index (χ0) is 16.9. The smallest absolute Gasteiger partial charge is 0.286 e. The molecule has 1 rings (SSSR count). The number of nitrogens with two attached hydrogens (primary N) is 1. The van der Waals surface area contributed by atoms with Crippen LogP contribution in [0.15, 0.2) is 12.1 Å². The van der Waals surface area contributed by atoms with Gasteiger partial charge in [0.25, 0.3) is 17.5 Å². The number of amides is 1. The second kappa shape index (κ2) is 8.44. The van der Waals surface area contributed by atoms with Crippen LogP contribution in [0.5, 0.6) is 11.5 Å². The quantitative estimate of drug-likeness (QED) is 0.563. The van der Waals surface area contributed by atoms with E-state index in [2.05, 4.69) is 0 Å². The maximum atomic E-state index is 13.0. The predicted molar refractivity (Wildman–Crippen MR) is 79.8 cm³/mol. The van der Waals surface area contributed by atoms with Crippen molar-refractivity contribution in [2.75, 3.05) is 27.3 Å². The van der Waals surface area contributed by atoms with Crippen molar-refractivity contribution in [1.29, 1.82) is 0 Å². The monoisotopic (exact) mass is 355 g/mol. The lowest BCUT2D eigenvalue weighted by Crippen LogP contribution is -2.41. The molecule has 0 spiro atoms. The molecule has 0 fully saturated rings. The number of ether oxygens (including phenoxy) is 2. The fraction of sp³-hybridized carbons (Fsp3) is 0.417. The zero-order valence-corrected chi connectivity index (χ0v) is 13.1. The molecule has 0 atom stereocenters. The predicted octanol–water partition coefficient (Wildman–Crippen LogP) is 1.36. The molecule has 0 saturated carbocycles. The Labute approximate surface area is 136 Å². The van der Waals surface area contributed by atoms with Gasteiger partial charge in [0.1, 0.15) is 5.56 Å². The van der Waals surface area contributed by atoms with Crippen molar-refractivity contribution in [1.82, 2.24) is 5.32 Å². The van der Waals surface area contributed by atoms with Gasteiger partial charge in [0.2, 0.25) is 0 Å². The van der Waals surface area contributed by atoms with Crippen molar-refractivity contribution in [3.05, 3.63) is 27.8 Å². The molecule has 130 valence electrons. The van der Waals surface area contributed by atoms with Crippen molar-refractivity contribution in [2.45, 2.75) is 5.92 Å². The Bertz CT molecular complexity index is 586. The van der Waals surface area contributed by atoms with E-state index < -0.39 is 41.1 Å². The first kappa shape index (κ1) is 20.8. The van der Waals surface area contributed by atoms with Crippen LogP contribution in [0.3, 0.4) is 0 Å². The summed E-state index contributed by atoms with van der Waals surface area (Å²) < 4.78 is 35.9. The fourth-order valence-electron chi connectivity index (χ4n) is 1.58. The number of nitrogens with one attached hydrogen (secondary N) is 1. The van der Waals surface area contributed by atoms with Crippen molar-refractivity contribution in [3.8, 4) is 11.5 Å². The van der Waals surface area contributed by atoms with Gasteiger partial charge in [0.05, 0.1) is 38.3 Å². The fourth-order valence-corrected chi connectivity index (χ4v) is 1.58. The zero-order valence-electron chi connectivity index (χ0n) is 12.3. The van der Waals surface area contributed by atoms with E-state index in [0.717, 1.165) is 12.1 Å². The van der Waals surface area contributed by atoms with Gasteiger partial charge in [0.15, 0.2) is 11.5 Å². The summed E-state index contributed by atoms with van der Waals surface area (Å²) in [4.78, 5) is 22.1. The lowest BCUT2D eigenvalue weighted by Gasteiger charge is -2.15. The topological polar surface area (TPSA) is 117 Å². The Morgan fingerprint density at radius 1 is 1.35 bits per heavy atom. The summed E-state index contributed by atoms with van der Waals surface area (Å²) in [7, 11) is 2.54. The van der Waals surface area contributed by atoms with Crippen LogP contribution in [0.2, 0.25) is 0 Å². The molecule has 0 aliphatic heterocycles. The molecule has 0 bridgehead atoms. The van der Waals surface area contributed by atoms with Gasteiger partial charge in [0, 0.05) is 6.07 Å². The number of carbonyl (C=O) groups is 1. The van der Waals surface area contributed by atoms with E-state index >= 15 is 0 Å². The van der Waals surface area contributed by atoms with Crippen molar-refractivity contribution >= 4 is 24.0 Å². The number of nitro groups is 1. The van der Waals surface area contributed by atoms with Crippen molar-refractivity contribution in [3.63, 3.8) is 0 Å². The number of nitro benzene ring substituents is 1. The highest BCUT2D eigenvalue weighted by molar-refractivity contribution is 5.99. The number of hydrogen-bond donors (Lipinski definition) is 2. The Morgan fingerprint density at radius 2 is 1.87 bits per heavy atom. The number of methoxy groups -OCH3 is 2. The van der Waals surface area contributed by atoms with Gasteiger partial charge in [-0.1, -0.05) is 0 Å². The summed E-state index contributed by atoms with van der Waals surface area (Å²) in [6.07, 6.45) is 0. The first-order valence-electron chi connectivity index (χ1n) is 6.02. The second-order valence-electron chi connectivity index (χ2n) is 4.22. The van der Waals surface area contributed by atoms with Gasteiger partial charge in [-0.15, -0.1) is 12.4 Å². The Kier molecular flexibility index (Phi) is 7.63. The summed E-state index contributed by atoms with van der Waals surface area (Å²) in [5.41, 5.74) is 3.83. The number of benzene rings is 1. The minimum Gasteiger partial charge on any atom is -0.493 e. The summed E-state index contributed by atoms with van der Waals surface area (Å²) in [6.45, 7) is -1.99. The highest BCUT2D eigenvalue weighted by Crippen LogP contribution is 2.34. The first-order chi connectivity index (χ1) is 10.3.